The van der Waals surface area contributed by atoms with Crippen molar-refractivity contribution in [3.8, 4) is 6.07 Å². The molecule has 2 aromatic rings. The molecule has 0 fully saturated rings. The third-order valence-electron chi connectivity index (χ3n) is 2.44. The van der Waals surface area contributed by atoms with Crippen LogP contribution in [-0.4, -0.2) is 4.98 Å². The van der Waals surface area contributed by atoms with Gasteiger partial charge in [0.25, 0.3) is 0 Å². The first-order valence-electron chi connectivity index (χ1n) is 5.28. The average Bonchev–Trinajstić information content (AvgIpc) is 2.28. The van der Waals surface area contributed by atoms with Crippen LogP contribution in [0.3, 0.4) is 0 Å². The molecule has 0 saturated carbocycles. The van der Waals surface area contributed by atoms with Crippen LogP contribution in [0.15, 0.2) is 36.5 Å². The molecular weight excluding hydrogens is 215 g/mol. The third kappa shape index (κ3) is 2.88. The predicted molar refractivity (Wildman–Crippen MR) is 62.9 cm³/mol. The standard InChI is InChI=1S/C14H11FN2/c1-10-2-3-17-14(4-10)8-11-5-12(9-16)7-13(15)6-11/h2-7H,8H2,1H3. The fourth-order valence-corrected chi connectivity index (χ4v) is 1.72. The van der Waals surface area contributed by atoms with Crippen molar-refractivity contribution in [1.82, 2.24) is 4.98 Å². The molecule has 0 aliphatic rings. The summed E-state index contributed by atoms with van der Waals surface area (Å²) in [6.45, 7) is 1.98. The van der Waals surface area contributed by atoms with E-state index in [4.69, 9.17) is 5.26 Å². The van der Waals surface area contributed by atoms with Gasteiger partial charge in [-0.3, -0.25) is 4.98 Å². The largest absolute Gasteiger partial charge is 0.261 e. The highest BCUT2D eigenvalue weighted by atomic mass is 19.1. The van der Waals surface area contributed by atoms with Crippen molar-refractivity contribution >= 4 is 0 Å². The van der Waals surface area contributed by atoms with E-state index in [1.165, 1.54) is 12.1 Å². The molecule has 0 saturated heterocycles. The zero-order valence-corrected chi connectivity index (χ0v) is 9.44. The number of hydrogen-bond acceptors (Lipinski definition) is 2. The molecule has 2 rings (SSSR count). The van der Waals surface area contributed by atoms with E-state index in [1.54, 1.807) is 12.3 Å². The van der Waals surface area contributed by atoms with Crippen LogP contribution in [0.25, 0.3) is 0 Å². The Labute approximate surface area is 99.4 Å². The van der Waals surface area contributed by atoms with Crippen LogP contribution in [0.4, 0.5) is 4.39 Å². The highest BCUT2D eigenvalue weighted by Gasteiger charge is 2.03. The van der Waals surface area contributed by atoms with Crippen molar-refractivity contribution in [1.29, 1.82) is 5.26 Å². The summed E-state index contributed by atoms with van der Waals surface area (Å²) in [6.07, 6.45) is 2.27. The summed E-state index contributed by atoms with van der Waals surface area (Å²) >= 11 is 0. The average molecular weight is 226 g/mol. The fourth-order valence-electron chi connectivity index (χ4n) is 1.72. The van der Waals surface area contributed by atoms with E-state index in [9.17, 15) is 4.39 Å². The molecule has 0 amide bonds. The second kappa shape index (κ2) is 4.75. The van der Waals surface area contributed by atoms with E-state index in [0.29, 0.717) is 12.0 Å². The van der Waals surface area contributed by atoms with Crippen LogP contribution in [-0.2, 0) is 6.42 Å². The smallest absolute Gasteiger partial charge is 0.124 e. The molecule has 0 aliphatic heterocycles. The molecule has 17 heavy (non-hydrogen) atoms. The van der Waals surface area contributed by atoms with Crippen LogP contribution in [0, 0.1) is 24.1 Å². The molecule has 0 bridgehead atoms. The minimum absolute atomic E-state index is 0.340. The zero-order valence-electron chi connectivity index (χ0n) is 9.44. The van der Waals surface area contributed by atoms with Gasteiger partial charge >= 0.3 is 0 Å². The van der Waals surface area contributed by atoms with Crippen LogP contribution in [0.1, 0.15) is 22.4 Å². The lowest BCUT2D eigenvalue weighted by Crippen LogP contribution is -1.94. The molecule has 0 radical (unpaired) electrons. The van der Waals surface area contributed by atoms with Crippen molar-refractivity contribution in [3.63, 3.8) is 0 Å². The quantitative estimate of drug-likeness (QED) is 0.789. The SMILES string of the molecule is Cc1ccnc(Cc2cc(F)cc(C#N)c2)c1. The van der Waals surface area contributed by atoms with Crippen LogP contribution in [0.2, 0.25) is 0 Å². The van der Waals surface area contributed by atoms with E-state index in [-0.39, 0.29) is 5.82 Å². The van der Waals surface area contributed by atoms with E-state index < -0.39 is 0 Å². The van der Waals surface area contributed by atoms with Crippen molar-refractivity contribution in [2.45, 2.75) is 13.3 Å². The van der Waals surface area contributed by atoms with Gasteiger partial charge in [0.2, 0.25) is 0 Å². The lowest BCUT2D eigenvalue weighted by Gasteiger charge is -2.03. The lowest BCUT2D eigenvalue weighted by atomic mass is 10.1. The van der Waals surface area contributed by atoms with E-state index in [1.807, 2.05) is 25.1 Å². The van der Waals surface area contributed by atoms with Gasteiger partial charge in [-0.2, -0.15) is 5.26 Å². The number of benzene rings is 1. The molecule has 84 valence electrons. The zero-order chi connectivity index (χ0) is 12.3. The van der Waals surface area contributed by atoms with E-state index in [2.05, 4.69) is 4.98 Å². The Kier molecular flexibility index (Phi) is 3.15. The number of rotatable bonds is 2. The minimum Gasteiger partial charge on any atom is -0.261 e. The van der Waals surface area contributed by atoms with Gasteiger partial charge in [0.05, 0.1) is 11.6 Å². The Morgan fingerprint density at radius 2 is 2.12 bits per heavy atom. The van der Waals surface area contributed by atoms with E-state index in [0.717, 1.165) is 16.8 Å². The number of nitriles is 1. The van der Waals surface area contributed by atoms with Gasteiger partial charge in [0.15, 0.2) is 0 Å². The van der Waals surface area contributed by atoms with Crippen LogP contribution in [0.5, 0.6) is 0 Å². The molecule has 0 atom stereocenters. The van der Waals surface area contributed by atoms with Gasteiger partial charge < -0.3 is 0 Å². The Bertz CT molecular complexity index is 585. The van der Waals surface area contributed by atoms with Crippen LogP contribution >= 0.6 is 0 Å². The number of hydrogen-bond donors (Lipinski definition) is 0. The summed E-state index contributed by atoms with van der Waals surface area (Å²) in [5.41, 5.74) is 3.10. The first kappa shape index (κ1) is 11.3. The van der Waals surface area contributed by atoms with E-state index >= 15 is 0 Å². The summed E-state index contributed by atoms with van der Waals surface area (Å²) in [5.74, 6) is -0.383. The predicted octanol–water partition coefficient (Wildman–Crippen LogP) is 2.99. The van der Waals surface area contributed by atoms with Gasteiger partial charge in [-0.05, 0) is 48.4 Å². The summed E-state index contributed by atoms with van der Waals surface area (Å²) in [6, 6.07) is 10.2. The first-order chi connectivity index (χ1) is 8.17. The van der Waals surface area contributed by atoms with Crippen molar-refractivity contribution < 1.29 is 4.39 Å². The lowest BCUT2D eigenvalue weighted by molar-refractivity contribution is 0.625. The van der Waals surface area contributed by atoms with Gasteiger partial charge in [-0.15, -0.1) is 0 Å². The monoisotopic (exact) mass is 226 g/mol. The summed E-state index contributed by atoms with van der Waals surface area (Å²) in [4.78, 5) is 4.21. The second-order valence-corrected chi connectivity index (χ2v) is 3.96. The molecule has 0 N–H and O–H groups in total. The summed E-state index contributed by atoms with van der Waals surface area (Å²) in [7, 11) is 0. The highest BCUT2D eigenvalue weighted by Crippen LogP contribution is 2.13. The Morgan fingerprint density at radius 1 is 1.29 bits per heavy atom. The molecule has 1 heterocycles. The molecular formula is C14H11FN2. The number of halogens is 1. The van der Waals surface area contributed by atoms with Crippen molar-refractivity contribution in [3.05, 3.63) is 64.7 Å². The second-order valence-electron chi connectivity index (χ2n) is 3.96. The molecule has 0 spiro atoms. The Balaban J connectivity index is 2.30. The van der Waals surface area contributed by atoms with Crippen LogP contribution < -0.4 is 0 Å². The number of aromatic nitrogens is 1. The molecule has 1 aromatic carbocycles. The Hall–Kier alpha value is -2.21. The maximum Gasteiger partial charge on any atom is 0.124 e. The van der Waals surface area contributed by atoms with Gasteiger partial charge in [0, 0.05) is 18.3 Å². The molecule has 0 unspecified atom stereocenters. The fraction of sp³-hybridized carbons (Fsp3) is 0.143. The summed E-state index contributed by atoms with van der Waals surface area (Å²) < 4.78 is 13.2. The topological polar surface area (TPSA) is 36.7 Å². The Morgan fingerprint density at radius 3 is 2.82 bits per heavy atom. The van der Waals surface area contributed by atoms with Gasteiger partial charge in [-0.25, -0.2) is 4.39 Å². The maximum atomic E-state index is 13.2. The molecule has 1 aromatic heterocycles. The third-order valence-corrected chi connectivity index (χ3v) is 2.44. The maximum absolute atomic E-state index is 13.2. The molecule has 2 nitrogen and oxygen atoms in total. The van der Waals surface area contributed by atoms with Gasteiger partial charge in [0.1, 0.15) is 5.82 Å². The minimum atomic E-state index is -0.383. The van der Waals surface area contributed by atoms with Crippen molar-refractivity contribution in [2.75, 3.05) is 0 Å². The molecule has 3 heteroatoms. The number of pyridine rings is 1. The summed E-state index contributed by atoms with van der Waals surface area (Å²) in [5, 5.41) is 8.76. The number of nitrogens with zero attached hydrogens (tertiary/aromatic N) is 2. The normalized spacial score (nSPS) is 9.94. The highest BCUT2D eigenvalue weighted by molar-refractivity contribution is 5.35. The number of aryl methyl sites for hydroxylation is 1. The molecule has 0 aliphatic carbocycles. The first-order valence-corrected chi connectivity index (χ1v) is 5.28. The van der Waals surface area contributed by atoms with Gasteiger partial charge in [-0.1, -0.05) is 0 Å². The van der Waals surface area contributed by atoms with Crippen molar-refractivity contribution in [2.24, 2.45) is 0 Å².